The Morgan fingerprint density at radius 2 is 1.60 bits per heavy atom. The van der Waals surface area contributed by atoms with Crippen molar-refractivity contribution in [2.45, 2.75) is 91.0 Å². The molecule has 0 aromatic heterocycles. The molecular formula is C22H38O3. The summed E-state index contributed by atoms with van der Waals surface area (Å²) in [4.78, 5) is 0. The molecule has 3 N–H and O–H groups in total. The lowest BCUT2D eigenvalue weighted by molar-refractivity contribution is -0.206. The van der Waals surface area contributed by atoms with E-state index in [4.69, 9.17) is 0 Å². The number of aliphatic hydroxyl groups excluding tert-OH is 3. The molecule has 0 aliphatic heterocycles. The molecule has 144 valence electrons. The molecule has 4 aliphatic rings. The summed E-state index contributed by atoms with van der Waals surface area (Å²) in [5, 5.41) is 32.6. The molecule has 0 aromatic carbocycles. The third kappa shape index (κ3) is 2.41. The fourth-order valence-corrected chi connectivity index (χ4v) is 8.29. The van der Waals surface area contributed by atoms with Gasteiger partial charge in [-0.05, 0) is 91.3 Å². The molecule has 4 aliphatic carbocycles. The van der Waals surface area contributed by atoms with Crippen LogP contribution in [0.2, 0.25) is 0 Å². The molecule has 4 rings (SSSR count). The molecule has 0 heterocycles. The molecular weight excluding hydrogens is 312 g/mol. The first-order chi connectivity index (χ1) is 11.7. The summed E-state index contributed by atoms with van der Waals surface area (Å²) in [7, 11) is 0. The number of rotatable bonds is 1. The Kier molecular flexibility index (Phi) is 4.34. The van der Waals surface area contributed by atoms with Crippen molar-refractivity contribution in [3.05, 3.63) is 0 Å². The van der Waals surface area contributed by atoms with Gasteiger partial charge in [-0.3, -0.25) is 0 Å². The lowest BCUT2D eigenvalue weighted by Gasteiger charge is -2.63. The molecule has 4 unspecified atom stereocenters. The second-order valence-electron chi connectivity index (χ2n) is 10.8. The maximum Gasteiger partial charge on any atom is 0.0602 e. The van der Waals surface area contributed by atoms with Gasteiger partial charge in [-0.15, -0.1) is 0 Å². The van der Waals surface area contributed by atoms with Gasteiger partial charge in [0.2, 0.25) is 0 Å². The number of hydrogen-bond acceptors (Lipinski definition) is 3. The molecule has 0 amide bonds. The summed E-state index contributed by atoms with van der Waals surface area (Å²) < 4.78 is 0. The average Bonchev–Trinajstić information content (AvgIpc) is 2.89. The Morgan fingerprint density at radius 1 is 0.880 bits per heavy atom. The molecule has 0 bridgehead atoms. The maximum atomic E-state index is 11.3. The monoisotopic (exact) mass is 350 g/mol. The molecule has 0 aromatic rings. The topological polar surface area (TPSA) is 60.7 Å². The first-order valence-corrected chi connectivity index (χ1v) is 10.7. The van der Waals surface area contributed by atoms with Crippen molar-refractivity contribution in [3.63, 3.8) is 0 Å². The molecule has 0 radical (unpaired) electrons. The van der Waals surface area contributed by atoms with Gasteiger partial charge >= 0.3 is 0 Å². The molecule has 3 heteroatoms. The fourth-order valence-electron chi connectivity index (χ4n) is 8.29. The van der Waals surface area contributed by atoms with E-state index in [1.54, 1.807) is 0 Å². The summed E-state index contributed by atoms with van der Waals surface area (Å²) in [6, 6.07) is 0. The second-order valence-corrected chi connectivity index (χ2v) is 10.8. The maximum absolute atomic E-state index is 11.3. The zero-order valence-electron chi connectivity index (χ0n) is 16.5. The first kappa shape index (κ1) is 18.3. The number of aliphatic hydroxyl groups is 3. The van der Waals surface area contributed by atoms with Crippen molar-refractivity contribution in [2.75, 3.05) is 0 Å². The van der Waals surface area contributed by atoms with Gasteiger partial charge in [-0.25, -0.2) is 0 Å². The van der Waals surface area contributed by atoms with Crippen molar-refractivity contribution in [1.82, 2.24) is 0 Å². The van der Waals surface area contributed by atoms with Crippen LogP contribution in [0.15, 0.2) is 0 Å². The van der Waals surface area contributed by atoms with Crippen LogP contribution >= 0.6 is 0 Å². The molecule has 0 saturated heterocycles. The highest BCUT2D eigenvalue weighted by molar-refractivity contribution is 5.14. The summed E-state index contributed by atoms with van der Waals surface area (Å²) in [5.41, 5.74) is 0.148. The third-order valence-electron chi connectivity index (χ3n) is 9.64. The van der Waals surface area contributed by atoms with E-state index in [2.05, 4.69) is 27.7 Å². The van der Waals surface area contributed by atoms with E-state index < -0.39 is 0 Å². The van der Waals surface area contributed by atoms with E-state index in [-0.39, 0.29) is 29.1 Å². The summed E-state index contributed by atoms with van der Waals surface area (Å²) in [6.45, 7) is 9.32. The SMILES string of the molecule is CC(C)[C@H]1CC[C@H]2C3[C@H](O)CC4C[C@H](O)CCC4(C)[C@H]3C[C@H](O)C12C. The highest BCUT2D eigenvalue weighted by atomic mass is 16.3. The van der Waals surface area contributed by atoms with E-state index in [1.165, 1.54) is 6.42 Å². The highest BCUT2D eigenvalue weighted by Crippen LogP contribution is 2.68. The van der Waals surface area contributed by atoms with Crippen LogP contribution in [-0.4, -0.2) is 33.6 Å². The Hall–Kier alpha value is -0.120. The van der Waals surface area contributed by atoms with E-state index in [1.807, 2.05) is 0 Å². The van der Waals surface area contributed by atoms with E-state index in [9.17, 15) is 15.3 Å². The van der Waals surface area contributed by atoms with Crippen LogP contribution < -0.4 is 0 Å². The van der Waals surface area contributed by atoms with Crippen LogP contribution in [0.5, 0.6) is 0 Å². The van der Waals surface area contributed by atoms with Gasteiger partial charge in [0.15, 0.2) is 0 Å². The number of fused-ring (bicyclic) bond motifs is 5. The fraction of sp³-hybridized carbons (Fsp3) is 1.00. The van der Waals surface area contributed by atoms with Crippen molar-refractivity contribution in [2.24, 2.45) is 46.3 Å². The van der Waals surface area contributed by atoms with Crippen molar-refractivity contribution in [1.29, 1.82) is 0 Å². The van der Waals surface area contributed by atoms with Crippen molar-refractivity contribution >= 4 is 0 Å². The highest BCUT2D eigenvalue weighted by Gasteiger charge is 2.65. The standard InChI is InChI=1S/C22H38O3/c1-12(2)15-5-6-16-20-17(11-19(25)22(15,16)4)21(3)8-7-14(23)9-13(21)10-18(20)24/h12-20,23-25H,5-11H2,1-4H3/t13?,14-,15-,16+,17+,18-,19+,20?,21?,22?/m1/s1. The molecule has 4 saturated carbocycles. The molecule has 0 spiro atoms. The van der Waals surface area contributed by atoms with Crippen LogP contribution in [0, 0.1) is 46.3 Å². The van der Waals surface area contributed by atoms with Gasteiger partial charge in [0, 0.05) is 0 Å². The lowest BCUT2D eigenvalue weighted by Crippen LogP contribution is -2.62. The molecule has 3 nitrogen and oxygen atoms in total. The van der Waals surface area contributed by atoms with E-state index in [0.29, 0.717) is 35.5 Å². The molecule has 4 fully saturated rings. The average molecular weight is 351 g/mol. The Morgan fingerprint density at radius 3 is 2.28 bits per heavy atom. The van der Waals surface area contributed by atoms with E-state index >= 15 is 0 Å². The largest absolute Gasteiger partial charge is 0.393 e. The molecule has 10 atom stereocenters. The Bertz CT molecular complexity index is 519. The summed E-state index contributed by atoms with van der Waals surface area (Å²) >= 11 is 0. The Labute approximate surface area is 153 Å². The van der Waals surface area contributed by atoms with Crippen molar-refractivity contribution in [3.8, 4) is 0 Å². The normalized spacial score (nSPS) is 58.6. The summed E-state index contributed by atoms with van der Waals surface area (Å²) in [6.07, 6.45) is 6.14. The minimum absolute atomic E-state index is 0.0340. The van der Waals surface area contributed by atoms with Crippen LogP contribution in [0.4, 0.5) is 0 Å². The van der Waals surface area contributed by atoms with Crippen molar-refractivity contribution < 1.29 is 15.3 Å². The van der Waals surface area contributed by atoms with Gasteiger partial charge in [0.05, 0.1) is 18.3 Å². The minimum Gasteiger partial charge on any atom is -0.393 e. The third-order valence-corrected chi connectivity index (χ3v) is 9.64. The predicted octanol–water partition coefficient (Wildman–Crippen LogP) is 3.60. The Balaban J connectivity index is 1.70. The minimum atomic E-state index is -0.254. The second kappa shape index (κ2) is 5.94. The van der Waals surface area contributed by atoms with Gasteiger partial charge < -0.3 is 15.3 Å². The van der Waals surface area contributed by atoms with Crippen LogP contribution in [0.25, 0.3) is 0 Å². The van der Waals surface area contributed by atoms with Gasteiger partial charge in [-0.2, -0.15) is 0 Å². The quantitative estimate of drug-likeness (QED) is 0.677. The number of hydrogen-bond donors (Lipinski definition) is 3. The van der Waals surface area contributed by atoms with Crippen LogP contribution in [0.1, 0.15) is 72.6 Å². The summed E-state index contributed by atoms with van der Waals surface area (Å²) in [5.74, 6) is 2.77. The van der Waals surface area contributed by atoms with Crippen LogP contribution in [-0.2, 0) is 0 Å². The zero-order valence-corrected chi connectivity index (χ0v) is 16.5. The lowest BCUT2D eigenvalue weighted by atomic mass is 9.43. The van der Waals surface area contributed by atoms with Gasteiger partial charge in [0.25, 0.3) is 0 Å². The molecule has 25 heavy (non-hydrogen) atoms. The predicted molar refractivity (Wildman–Crippen MR) is 98.8 cm³/mol. The van der Waals surface area contributed by atoms with E-state index in [0.717, 1.165) is 38.5 Å². The van der Waals surface area contributed by atoms with Gasteiger partial charge in [-0.1, -0.05) is 27.7 Å². The first-order valence-electron chi connectivity index (χ1n) is 10.7. The van der Waals surface area contributed by atoms with Crippen LogP contribution in [0.3, 0.4) is 0 Å². The smallest absolute Gasteiger partial charge is 0.0602 e. The van der Waals surface area contributed by atoms with Gasteiger partial charge in [0.1, 0.15) is 0 Å². The zero-order chi connectivity index (χ0) is 18.1.